The first kappa shape index (κ1) is 17.8. The van der Waals surface area contributed by atoms with Gasteiger partial charge < -0.3 is 20.3 Å². The average molecular weight is 330 g/mol. The van der Waals surface area contributed by atoms with E-state index in [-0.39, 0.29) is 11.9 Å². The van der Waals surface area contributed by atoms with E-state index in [1.165, 1.54) is 0 Å². The van der Waals surface area contributed by atoms with Crippen molar-refractivity contribution in [2.24, 2.45) is 0 Å². The van der Waals surface area contributed by atoms with Crippen molar-refractivity contribution < 1.29 is 14.3 Å². The van der Waals surface area contributed by atoms with Crippen molar-refractivity contribution in [1.29, 1.82) is 5.26 Å². The minimum atomic E-state index is -0.737. The van der Waals surface area contributed by atoms with Crippen LogP contribution in [0.5, 0.6) is 0 Å². The van der Waals surface area contributed by atoms with Gasteiger partial charge in [-0.2, -0.15) is 5.26 Å². The van der Waals surface area contributed by atoms with Crippen LogP contribution in [0, 0.1) is 11.3 Å². The highest BCUT2D eigenvalue weighted by Gasteiger charge is 2.25. The number of nitrogens with zero attached hydrogens (tertiary/aromatic N) is 2. The first-order valence-electron chi connectivity index (χ1n) is 7.97. The summed E-state index contributed by atoms with van der Waals surface area (Å²) in [7, 11) is 0. The number of ether oxygens (including phenoxy) is 1. The molecule has 1 saturated heterocycles. The summed E-state index contributed by atoms with van der Waals surface area (Å²) in [6, 6.07) is 9.76. The normalized spacial score (nSPS) is 16.6. The zero-order valence-corrected chi connectivity index (χ0v) is 13.7. The van der Waals surface area contributed by atoms with Crippen molar-refractivity contribution in [3.63, 3.8) is 0 Å². The smallest absolute Gasteiger partial charge is 0.318 e. The van der Waals surface area contributed by atoms with E-state index in [0.29, 0.717) is 32.7 Å². The average Bonchev–Trinajstić information content (AvgIpc) is 2.62. The van der Waals surface area contributed by atoms with Crippen LogP contribution < -0.4 is 10.6 Å². The van der Waals surface area contributed by atoms with Crippen LogP contribution in [0.2, 0.25) is 0 Å². The molecule has 2 atom stereocenters. The Morgan fingerprint density at radius 2 is 1.92 bits per heavy atom. The number of nitriles is 1. The second-order valence-electron chi connectivity index (χ2n) is 5.65. The van der Waals surface area contributed by atoms with Gasteiger partial charge in [-0.05, 0) is 12.5 Å². The molecule has 1 aromatic rings. The topological polar surface area (TPSA) is 94.5 Å². The van der Waals surface area contributed by atoms with E-state index in [1.807, 2.05) is 36.4 Å². The maximum absolute atomic E-state index is 12.4. The first-order chi connectivity index (χ1) is 11.6. The summed E-state index contributed by atoms with van der Waals surface area (Å²) in [5.74, 6) is -0.366. The highest BCUT2D eigenvalue weighted by Crippen LogP contribution is 2.05. The zero-order valence-electron chi connectivity index (χ0n) is 13.7. The van der Waals surface area contributed by atoms with Gasteiger partial charge in [-0.25, -0.2) is 4.79 Å². The predicted molar refractivity (Wildman–Crippen MR) is 88.1 cm³/mol. The summed E-state index contributed by atoms with van der Waals surface area (Å²) in [4.78, 5) is 26.4. The second kappa shape index (κ2) is 8.89. The van der Waals surface area contributed by atoms with Gasteiger partial charge in [0.25, 0.3) is 0 Å². The van der Waals surface area contributed by atoms with E-state index in [0.717, 1.165) is 5.56 Å². The molecule has 0 saturated carbocycles. The molecule has 7 nitrogen and oxygen atoms in total. The number of hydrogen-bond acceptors (Lipinski definition) is 4. The quantitative estimate of drug-likeness (QED) is 0.829. The van der Waals surface area contributed by atoms with Gasteiger partial charge >= 0.3 is 6.03 Å². The lowest BCUT2D eigenvalue weighted by molar-refractivity contribution is -0.123. The van der Waals surface area contributed by atoms with Gasteiger partial charge in [0.2, 0.25) is 5.91 Å². The fraction of sp³-hybridized carbons (Fsp3) is 0.471. The van der Waals surface area contributed by atoms with E-state index >= 15 is 0 Å². The molecule has 0 aliphatic carbocycles. The third-order valence-electron chi connectivity index (χ3n) is 3.75. The van der Waals surface area contributed by atoms with Crippen molar-refractivity contribution >= 4 is 11.9 Å². The molecule has 1 fully saturated rings. The minimum Gasteiger partial charge on any atom is -0.378 e. The number of morpholine rings is 1. The van der Waals surface area contributed by atoms with Gasteiger partial charge in [0.1, 0.15) is 12.1 Å². The Labute approximate surface area is 141 Å². The first-order valence-corrected chi connectivity index (χ1v) is 7.97. The third-order valence-corrected chi connectivity index (χ3v) is 3.75. The molecular weight excluding hydrogens is 308 g/mol. The SMILES string of the molecule is C[C@@H](C#N)NC(=O)[C@H](Cc1ccccc1)NC(=O)N1CCOCC1. The number of amides is 3. The highest BCUT2D eigenvalue weighted by molar-refractivity contribution is 5.87. The number of urea groups is 1. The van der Waals surface area contributed by atoms with Crippen molar-refractivity contribution in [2.45, 2.75) is 25.4 Å². The molecule has 0 spiro atoms. The number of hydrogen-bond donors (Lipinski definition) is 2. The number of benzene rings is 1. The Morgan fingerprint density at radius 1 is 1.25 bits per heavy atom. The maximum Gasteiger partial charge on any atom is 0.318 e. The molecule has 7 heteroatoms. The number of carbonyl (C=O) groups excluding carboxylic acids is 2. The third kappa shape index (κ3) is 5.25. The van der Waals surface area contributed by atoms with Gasteiger partial charge in [-0.15, -0.1) is 0 Å². The molecule has 2 N–H and O–H groups in total. The summed E-state index contributed by atoms with van der Waals surface area (Å²) in [5.41, 5.74) is 0.935. The lowest BCUT2D eigenvalue weighted by Gasteiger charge is -2.29. The minimum absolute atomic E-state index is 0.293. The number of rotatable bonds is 5. The van der Waals surface area contributed by atoms with Crippen molar-refractivity contribution in [3.05, 3.63) is 35.9 Å². The van der Waals surface area contributed by atoms with Crippen LogP contribution in [-0.2, 0) is 16.0 Å². The molecule has 128 valence electrons. The molecular formula is C17H22N4O3. The number of nitrogens with one attached hydrogen (secondary N) is 2. The Hall–Kier alpha value is -2.59. The van der Waals surface area contributed by atoms with Crippen LogP contribution in [0.3, 0.4) is 0 Å². The van der Waals surface area contributed by atoms with Gasteiger partial charge in [-0.1, -0.05) is 30.3 Å². The van der Waals surface area contributed by atoms with E-state index in [4.69, 9.17) is 10.00 Å². The van der Waals surface area contributed by atoms with E-state index in [2.05, 4.69) is 10.6 Å². The van der Waals surface area contributed by atoms with Crippen LogP contribution in [0.1, 0.15) is 12.5 Å². The molecule has 2 rings (SSSR count). The fourth-order valence-electron chi connectivity index (χ4n) is 2.41. The van der Waals surface area contributed by atoms with Crippen LogP contribution in [-0.4, -0.2) is 55.2 Å². The predicted octanol–water partition coefficient (Wildman–Crippen LogP) is 0.668. The summed E-state index contributed by atoms with van der Waals surface area (Å²) in [5, 5.41) is 14.2. The lowest BCUT2D eigenvalue weighted by atomic mass is 10.1. The van der Waals surface area contributed by atoms with E-state index in [9.17, 15) is 9.59 Å². The molecule has 1 aliphatic rings. The molecule has 0 unspecified atom stereocenters. The van der Waals surface area contributed by atoms with Crippen molar-refractivity contribution in [2.75, 3.05) is 26.3 Å². The molecule has 1 aromatic carbocycles. The Balaban J connectivity index is 2.05. The number of carbonyl (C=O) groups is 2. The van der Waals surface area contributed by atoms with E-state index in [1.54, 1.807) is 11.8 Å². The Bertz CT molecular complexity index is 594. The lowest BCUT2D eigenvalue weighted by Crippen LogP contribution is -2.55. The molecule has 3 amide bonds. The standard InChI is InChI=1S/C17H22N4O3/c1-13(12-18)19-16(22)15(11-14-5-3-2-4-6-14)20-17(23)21-7-9-24-10-8-21/h2-6,13,15H,7-11H2,1H3,(H,19,22)(H,20,23)/t13-,15-/m0/s1. The molecule has 1 aliphatic heterocycles. The monoisotopic (exact) mass is 330 g/mol. The molecule has 0 aromatic heterocycles. The largest absolute Gasteiger partial charge is 0.378 e. The molecule has 0 bridgehead atoms. The van der Waals surface area contributed by atoms with Gasteiger partial charge in [0.05, 0.1) is 19.3 Å². The van der Waals surface area contributed by atoms with Crippen molar-refractivity contribution in [1.82, 2.24) is 15.5 Å². The molecule has 1 heterocycles. The molecule has 24 heavy (non-hydrogen) atoms. The Kier molecular flexibility index (Phi) is 6.58. The summed E-state index contributed by atoms with van der Waals surface area (Å²) < 4.78 is 5.23. The second-order valence-corrected chi connectivity index (χ2v) is 5.65. The fourth-order valence-corrected chi connectivity index (χ4v) is 2.41. The van der Waals surface area contributed by atoms with Crippen LogP contribution in [0.4, 0.5) is 4.79 Å². The zero-order chi connectivity index (χ0) is 17.4. The maximum atomic E-state index is 12.4. The van der Waals surface area contributed by atoms with Gasteiger partial charge in [0, 0.05) is 19.5 Å². The summed E-state index contributed by atoms with van der Waals surface area (Å²) >= 11 is 0. The van der Waals surface area contributed by atoms with Crippen LogP contribution in [0.25, 0.3) is 0 Å². The van der Waals surface area contributed by atoms with Crippen LogP contribution >= 0.6 is 0 Å². The summed E-state index contributed by atoms with van der Waals surface area (Å²) in [6.07, 6.45) is 0.362. The Morgan fingerprint density at radius 3 is 2.54 bits per heavy atom. The van der Waals surface area contributed by atoms with Gasteiger partial charge in [0.15, 0.2) is 0 Å². The summed E-state index contributed by atoms with van der Waals surface area (Å²) in [6.45, 7) is 3.59. The van der Waals surface area contributed by atoms with E-state index < -0.39 is 12.1 Å². The molecule has 0 radical (unpaired) electrons. The van der Waals surface area contributed by atoms with Crippen LogP contribution in [0.15, 0.2) is 30.3 Å². The highest BCUT2D eigenvalue weighted by atomic mass is 16.5. The van der Waals surface area contributed by atoms with Crippen molar-refractivity contribution in [3.8, 4) is 6.07 Å². The van der Waals surface area contributed by atoms with Gasteiger partial charge in [-0.3, -0.25) is 4.79 Å².